The minimum atomic E-state index is -0.0872. The maximum Gasteiger partial charge on any atom is 0.244 e. The van der Waals surface area contributed by atoms with E-state index in [2.05, 4.69) is 37.5 Å². The molecule has 1 amide bonds. The summed E-state index contributed by atoms with van der Waals surface area (Å²) in [6, 6.07) is 0. The molecule has 10 nitrogen and oxygen atoms in total. The highest BCUT2D eigenvalue weighted by Crippen LogP contribution is 2.35. The molecule has 0 spiro atoms. The van der Waals surface area contributed by atoms with Crippen LogP contribution in [0.5, 0.6) is 0 Å². The van der Waals surface area contributed by atoms with Crippen LogP contribution in [0.25, 0.3) is 0 Å². The van der Waals surface area contributed by atoms with Gasteiger partial charge in [0.15, 0.2) is 11.6 Å². The van der Waals surface area contributed by atoms with Crippen molar-refractivity contribution >= 4 is 5.91 Å². The Labute approximate surface area is 164 Å². The molecule has 4 rings (SSSR count). The van der Waals surface area contributed by atoms with Gasteiger partial charge in [0, 0.05) is 13.0 Å². The lowest BCUT2D eigenvalue weighted by molar-refractivity contribution is -0.131. The normalized spacial score (nSPS) is 18.9. The number of hydrogen-bond donors (Lipinski definition) is 0. The molecule has 0 radical (unpaired) electrons. The summed E-state index contributed by atoms with van der Waals surface area (Å²) in [4.78, 5) is 21.0. The molecule has 2 aromatic heterocycles. The zero-order valence-corrected chi connectivity index (χ0v) is 16.6. The predicted octanol–water partition coefficient (Wildman–Crippen LogP) is 1.21. The quantitative estimate of drug-likeness (QED) is 0.697. The first-order valence-electron chi connectivity index (χ1n) is 10.1. The zero-order chi connectivity index (χ0) is 19.5. The van der Waals surface area contributed by atoms with Crippen LogP contribution < -0.4 is 0 Å². The Balaban J connectivity index is 1.30. The van der Waals surface area contributed by atoms with Crippen molar-refractivity contribution < 1.29 is 9.32 Å². The molecule has 1 aliphatic carbocycles. The van der Waals surface area contributed by atoms with E-state index >= 15 is 0 Å². The van der Waals surface area contributed by atoms with Crippen LogP contribution in [0.3, 0.4) is 0 Å². The average molecular weight is 388 g/mol. The molecule has 28 heavy (non-hydrogen) atoms. The predicted molar refractivity (Wildman–Crippen MR) is 98.9 cm³/mol. The van der Waals surface area contributed by atoms with Gasteiger partial charge in [-0.15, -0.1) is 5.10 Å². The van der Waals surface area contributed by atoms with Crippen molar-refractivity contribution in [3.8, 4) is 0 Å². The molecule has 0 atom stereocenters. The Morgan fingerprint density at radius 2 is 2.04 bits per heavy atom. The third-order valence-corrected chi connectivity index (χ3v) is 5.87. The van der Waals surface area contributed by atoms with Crippen LogP contribution >= 0.6 is 0 Å². The van der Waals surface area contributed by atoms with Gasteiger partial charge in [-0.1, -0.05) is 18.5 Å². The summed E-state index contributed by atoms with van der Waals surface area (Å²) < 4.78 is 6.91. The summed E-state index contributed by atoms with van der Waals surface area (Å²) in [5.41, 5.74) is 0. The second-order valence-corrected chi connectivity index (χ2v) is 8.14. The minimum Gasteiger partial charge on any atom is -0.339 e. The number of nitrogens with zero attached hydrogens (tertiary/aromatic N) is 8. The van der Waals surface area contributed by atoms with Gasteiger partial charge in [-0.05, 0) is 55.1 Å². The van der Waals surface area contributed by atoms with Crippen molar-refractivity contribution in [1.29, 1.82) is 0 Å². The fraction of sp³-hybridized carbons (Fsp3) is 0.778. The van der Waals surface area contributed by atoms with Gasteiger partial charge in [0.2, 0.25) is 11.8 Å². The molecule has 152 valence electrons. The fourth-order valence-electron chi connectivity index (χ4n) is 3.58. The molecule has 0 unspecified atom stereocenters. The highest BCUT2D eigenvalue weighted by molar-refractivity contribution is 5.75. The van der Waals surface area contributed by atoms with Crippen molar-refractivity contribution in [2.75, 3.05) is 20.1 Å². The number of likely N-dealkylation sites (N-methyl/N-ethyl adjacent to an activating group) is 1. The Kier molecular flexibility index (Phi) is 5.65. The third kappa shape index (κ3) is 4.37. The Bertz CT molecular complexity index is 791. The number of carbonyl (C=O) groups is 1. The summed E-state index contributed by atoms with van der Waals surface area (Å²) in [7, 11) is 1.73. The highest BCUT2D eigenvalue weighted by atomic mass is 16.5. The fourth-order valence-corrected chi connectivity index (χ4v) is 3.58. The lowest BCUT2D eigenvalue weighted by atomic mass is 9.85. The Morgan fingerprint density at radius 3 is 2.75 bits per heavy atom. The van der Waals surface area contributed by atoms with E-state index in [0.717, 1.165) is 37.7 Å². The van der Waals surface area contributed by atoms with Crippen molar-refractivity contribution in [3.05, 3.63) is 17.5 Å². The minimum absolute atomic E-state index is 0.0872. The SMILES string of the molecule is CC1CCN(Cc2nnnn2CC(=O)N(C)Cc2noc(C3CCC3)n2)CC1. The van der Waals surface area contributed by atoms with E-state index in [0.29, 0.717) is 30.7 Å². The van der Waals surface area contributed by atoms with Gasteiger partial charge >= 0.3 is 0 Å². The van der Waals surface area contributed by atoms with E-state index in [1.54, 1.807) is 16.6 Å². The van der Waals surface area contributed by atoms with E-state index in [1.165, 1.54) is 19.3 Å². The number of piperidine rings is 1. The van der Waals surface area contributed by atoms with Crippen LogP contribution in [0.2, 0.25) is 0 Å². The van der Waals surface area contributed by atoms with Gasteiger partial charge in [0.25, 0.3) is 0 Å². The second-order valence-electron chi connectivity index (χ2n) is 8.14. The molecule has 2 fully saturated rings. The lowest BCUT2D eigenvalue weighted by Gasteiger charge is -2.29. The topological polar surface area (TPSA) is 106 Å². The summed E-state index contributed by atoms with van der Waals surface area (Å²) in [5, 5.41) is 15.9. The Morgan fingerprint density at radius 1 is 1.25 bits per heavy atom. The maximum absolute atomic E-state index is 12.6. The molecular weight excluding hydrogens is 360 g/mol. The van der Waals surface area contributed by atoms with Crippen LogP contribution in [0.4, 0.5) is 0 Å². The average Bonchev–Trinajstić information content (AvgIpc) is 3.25. The number of amides is 1. The molecule has 1 saturated carbocycles. The van der Waals surface area contributed by atoms with Crippen molar-refractivity contribution in [1.82, 2.24) is 40.1 Å². The van der Waals surface area contributed by atoms with Crippen LogP contribution in [0.1, 0.15) is 62.5 Å². The molecule has 2 aromatic rings. The first-order valence-corrected chi connectivity index (χ1v) is 10.1. The van der Waals surface area contributed by atoms with Crippen LogP contribution in [0.15, 0.2) is 4.52 Å². The van der Waals surface area contributed by atoms with E-state index in [9.17, 15) is 4.79 Å². The molecule has 1 saturated heterocycles. The van der Waals surface area contributed by atoms with Crippen molar-refractivity contribution in [2.24, 2.45) is 5.92 Å². The molecular formula is C18H28N8O2. The van der Waals surface area contributed by atoms with E-state index in [-0.39, 0.29) is 12.5 Å². The van der Waals surface area contributed by atoms with Gasteiger partial charge in [-0.3, -0.25) is 9.69 Å². The molecule has 1 aliphatic heterocycles. The van der Waals surface area contributed by atoms with E-state index < -0.39 is 0 Å². The number of hydrogen-bond acceptors (Lipinski definition) is 8. The molecule has 3 heterocycles. The number of rotatable bonds is 7. The summed E-state index contributed by atoms with van der Waals surface area (Å²) in [5.74, 6) is 3.04. The number of carbonyl (C=O) groups excluding carboxylic acids is 1. The van der Waals surface area contributed by atoms with Crippen LogP contribution in [0, 0.1) is 5.92 Å². The highest BCUT2D eigenvalue weighted by Gasteiger charge is 2.26. The van der Waals surface area contributed by atoms with Gasteiger partial charge in [-0.25, -0.2) is 4.68 Å². The van der Waals surface area contributed by atoms with Crippen molar-refractivity contribution in [3.63, 3.8) is 0 Å². The monoisotopic (exact) mass is 388 g/mol. The molecule has 2 aliphatic rings. The summed E-state index contributed by atoms with van der Waals surface area (Å²) in [6.07, 6.45) is 5.81. The number of aromatic nitrogens is 6. The molecule has 0 aromatic carbocycles. The van der Waals surface area contributed by atoms with E-state index in [1.807, 2.05) is 0 Å². The third-order valence-electron chi connectivity index (χ3n) is 5.87. The maximum atomic E-state index is 12.6. The lowest BCUT2D eigenvalue weighted by Crippen LogP contribution is -2.35. The smallest absolute Gasteiger partial charge is 0.244 e. The van der Waals surface area contributed by atoms with Gasteiger partial charge < -0.3 is 9.42 Å². The van der Waals surface area contributed by atoms with Crippen LogP contribution in [-0.4, -0.2) is 66.2 Å². The molecule has 0 N–H and O–H groups in total. The standard InChI is InChI=1S/C18H28N8O2/c1-13-6-8-25(9-7-13)11-16-20-22-23-26(16)12-17(27)24(2)10-15-19-18(28-21-15)14-4-3-5-14/h13-14H,3-12H2,1-2H3. The Hall–Kier alpha value is -2.36. The van der Waals surface area contributed by atoms with Gasteiger partial charge in [0.1, 0.15) is 6.54 Å². The zero-order valence-electron chi connectivity index (χ0n) is 16.6. The number of likely N-dealkylation sites (tertiary alicyclic amines) is 1. The van der Waals surface area contributed by atoms with Crippen LogP contribution in [-0.2, 0) is 24.4 Å². The van der Waals surface area contributed by atoms with Gasteiger partial charge in [0.05, 0.1) is 13.1 Å². The van der Waals surface area contributed by atoms with Crippen molar-refractivity contribution in [2.45, 2.75) is 64.6 Å². The summed E-state index contributed by atoms with van der Waals surface area (Å²) in [6.45, 7) is 5.47. The van der Waals surface area contributed by atoms with E-state index in [4.69, 9.17) is 4.52 Å². The largest absolute Gasteiger partial charge is 0.339 e. The molecule has 10 heteroatoms. The first-order chi connectivity index (χ1) is 13.6. The second kappa shape index (κ2) is 8.34. The molecule has 0 bridgehead atoms. The number of tetrazole rings is 1. The first kappa shape index (κ1) is 19.0. The summed E-state index contributed by atoms with van der Waals surface area (Å²) >= 11 is 0. The van der Waals surface area contributed by atoms with Gasteiger partial charge in [-0.2, -0.15) is 4.98 Å².